The number of Topliss-reactive ketones (excluding diaryl/α,β-unsaturated/α-hetero) is 2. The van der Waals surface area contributed by atoms with Crippen LogP contribution in [0.1, 0.15) is 20.7 Å². The van der Waals surface area contributed by atoms with E-state index in [9.17, 15) is 35.1 Å². The van der Waals surface area contributed by atoms with E-state index in [1.165, 1.54) is 48.5 Å². The molecule has 150 valence electrons. The smallest absolute Gasteiger partial charge is 0.219 e. The van der Waals surface area contributed by atoms with Crippen LogP contribution in [0, 0.1) is 0 Å². The Kier molecular flexibility index (Phi) is 7.14. The Balaban J connectivity index is 2.52. The molecule has 0 aliphatic heterocycles. The standard InChI is InChI=1S/C20H22O8/c21-11-14(22)15(23)16(24)19(27)20(28,17(25)12-7-3-1-4-8-12)18(26)13-9-5-2-6-10-13/h1-10,14-16,19,21-24,27-28H,11H2/t14-,15-,16-,19+/m1/s1. The van der Waals surface area contributed by atoms with Crippen LogP contribution in [0.15, 0.2) is 60.7 Å². The summed E-state index contributed by atoms with van der Waals surface area (Å²) in [4.78, 5) is 25.9. The molecule has 2 aromatic carbocycles. The molecule has 0 unspecified atom stereocenters. The SMILES string of the molecule is O=C(c1ccccc1)C(O)(C(=O)c1ccccc1)[C@@H](O)[C@H](O)[C@H](O)[C@H](O)CO. The Morgan fingerprint density at radius 2 is 1.14 bits per heavy atom. The first kappa shape index (κ1) is 21.8. The van der Waals surface area contributed by atoms with Gasteiger partial charge in [-0.2, -0.15) is 0 Å². The van der Waals surface area contributed by atoms with Crippen molar-refractivity contribution in [2.45, 2.75) is 30.0 Å². The maximum Gasteiger partial charge on any atom is 0.219 e. The second kappa shape index (κ2) is 9.16. The molecule has 6 N–H and O–H groups in total. The van der Waals surface area contributed by atoms with Gasteiger partial charge in [0.25, 0.3) is 0 Å². The third-order valence-corrected chi connectivity index (χ3v) is 4.45. The Morgan fingerprint density at radius 1 is 0.750 bits per heavy atom. The molecule has 0 aliphatic carbocycles. The molecule has 0 aromatic heterocycles. The van der Waals surface area contributed by atoms with Crippen LogP contribution in [0.25, 0.3) is 0 Å². The van der Waals surface area contributed by atoms with Gasteiger partial charge in [-0.05, 0) is 0 Å². The lowest BCUT2D eigenvalue weighted by Gasteiger charge is -2.35. The number of carbonyl (C=O) groups excluding carboxylic acids is 2. The van der Waals surface area contributed by atoms with E-state index in [1.807, 2.05) is 0 Å². The quantitative estimate of drug-likeness (QED) is 0.233. The maximum atomic E-state index is 13.0. The fourth-order valence-corrected chi connectivity index (χ4v) is 2.76. The highest BCUT2D eigenvalue weighted by molar-refractivity contribution is 6.23. The Bertz CT molecular complexity index is 741. The van der Waals surface area contributed by atoms with Crippen LogP contribution in [0.4, 0.5) is 0 Å². The van der Waals surface area contributed by atoms with Crippen molar-refractivity contribution in [3.63, 3.8) is 0 Å². The topological polar surface area (TPSA) is 156 Å². The number of ketones is 2. The first-order valence-corrected chi connectivity index (χ1v) is 8.50. The van der Waals surface area contributed by atoms with Crippen molar-refractivity contribution >= 4 is 11.6 Å². The highest BCUT2D eigenvalue weighted by atomic mass is 16.4. The van der Waals surface area contributed by atoms with Gasteiger partial charge in [0, 0.05) is 11.1 Å². The minimum absolute atomic E-state index is 0.113. The van der Waals surface area contributed by atoms with Gasteiger partial charge in [0.1, 0.15) is 24.4 Å². The summed E-state index contributed by atoms with van der Waals surface area (Å²) in [6, 6.07) is 14.4. The maximum absolute atomic E-state index is 13.0. The molecule has 0 aliphatic rings. The fourth-order valence-electron chi connectivity index (χ4n) is 2.76. The molecular formula is C20H22O8. The minimum Gasteiger partial charge on any atom is -0.394 e. The Morgan fingerprint density at radius 3 is 1.50 bits per heavy atom. The van der Waals surface area contributed by atoms with E-state index < -0.39 is 48.2 Å². The number of carbonyl (C=O) groups is 2. The molecule has 0 saturated carbocycles. The van der Waals surface area contributed by atoms with Crippen LogP contribution in [0.3, 0.4) is 0 Å². The van der Waals surface area contributed by atoms with Crippen LogP contribution in [-0.4, -0.2) is 78.8 Å². The number of benzene rings is 2. The van der Waals surface area contributed by atoms with Crippen molar-refractivity contribution in [1.82, 2.24) is 0 Å². The lowest BCUT2D eigenvalue weighted by molar-refractivity contribution is -0.148. The average Bonchev–Trinajstić information content (AvgIpc) is 2.76. The van der Waals surface area contributed by atoms with Gasteiger partial charge in [-0.3, -0.25) is 9.59 Å². The third-order valence-electron chi connectivity index (χ3n) is 4.45. The Labute approximate surface area is 160 Å². The molecule has 2 aromatic rings. The predicted octanol–water partition coefficient (Wildman–Crippen LogP) is -1.08. The first-order valence-electron chi connectivity index (χ1n) is 8.50. The summed E-state index contributed by atoms with van der Waals surface area (Å²) in [5.41, 5.74) is -3.38. The summed E-state index contributed by atoms with van der Waals surface area (Å²) in [6.07, 6.45) is -8.80. The minimum atomic E-state index is -3.15. The second-order valence-electron chi connectivity index (χ2n) is 6.33. The number of hydrogen-bond donors (Lipinski definition) is 6. The van der Waals surface area contributed by atoms with Crippen molar-refractivity contribution in [2.24, 2.45) is 0 Å². The van der Waals surface area contributed by atoms with Crippen molar-refractivity contribution in [3.05, 3.63) is 71.8 Å². The summed E-state index contributed by atoms with van der Waals surface area (Å²) < 4.78 is 0. The summed E-state index contributed by atoms with van der Waals surface area (Å²) in [7, 11) is 0. The number of aliphatic hydroxyl groups is 6. The predicted molar refractivity (Wildman–Crippen MR) is 97.6 cm³/mol. The molecule has 0 radical (unpaired) electrons. The highest BCUT2D eigenvalue weighted by Gasteiger charge is 2.54. The molecule has 0 heterocycles. The van der Waals surface area contributed by atoms with Crippen LogP contribution < -0.4 is 0 Å². The van der Waals surface area contributed by atoms with E-state index in [-0.39, 0.29) is 11.1 Å². The van der Waals surface area contributed by atoms with Crippen LogP contribution in [-0.2, 0) is 0 Å². The molecule has 0 amide bonds. The average molecular weight is 390 g/mol. The summed E-state index contributed by atoms with van der Waals surface area (Å²) in [5.74, 6) is -2.39. The van der Waals surface area contributed by atoms with E-state index in [0.29, 0.717) is 0 Å². The Hall–Kier alpha value is -2.46. The van der Waals surface area contributed by atoms with E-state index in [4.69, 9.17) is 5.11 Å². The van der Waals surface area contributed by atoms with Crippen LogP contribution in [0.2, 0.25) is 0 Å². The zero-order valence-corrected chi connectivity index (χ0v) is 14.8. The van der Waals surface area contributed by atoms with Crippen molar-refractivity contribution in [1.29, 1.82) is 0 Å². The van der Waals surface area contributed by atoms with Gasteiger partial charge in [-0.15, -0.1) is 0 Å². The largest absolute Gasteiger partial charge is 0.394 e. The van der Waals surface area contributed by atoms with Gasteiger partial charge in [0.05, 0.1) is 6.61 Å². The molecule has 8 heteroatoms. The van der Waals surface area contributed by atoms with Gasteiger partial charge in [0.2, 0.25) is 17.2 Å². The van der Waals surface area contributed by atoms with E-state index in [2.05, 4.69) is 0 Å². The molecule has 0 saturated heterocycles. The molecule has 4 atom stereocenters. The van der Waals surface area contributed by atoms with Gasteiger partial charge in [-0.25, -0.2) is 0 Å². The lowest BCUT2D eigenvalue weighted by atomic mass is 9.78. The fraction of sp³-hybridized carbons (Fsp3) is 0.300. The number of rotatable bonds is 9. The molecule has 2 rings (SSSR count). The first-order chi connectivity index (χ1) is 13.2. The number of hydrogen-bond acceptors (Lipinski definition) is 8. The summed E-state index contributed by atoms with van der Waals surface area (Å²) in [5, 5.41) is 60.0. The zero-order chi connectivity index (χ0) is 20.9. The van der Waals surface area contributed by atoms with Gasteiger partial charge in [-0.1, -0.05) is 60.7 Å². The molecular weight excluding hydrogens is 368 g/mol. The summed E-state index contributed by atoms with van der Waals surface area (Å²) in [6.45, 7) is -0.956. The molecule has 0 bridgehead atoms. The van der Waals surface area contributed by atoms with Crippen molar-refractivity contribution in [2.75, 3.05) is 6.61 Å². The molecule has 0 spiro atoms. The lowest BCUT2D eigenvalue weighted by Crippen LogP contribution is -2.63. The summed E-state index contributed by atoms with van der Waals surface area (Å²) >= 11 is 0. The van der Waals surface area contributed by atoms with Gasteiger partial charge in [0.15, 0.2) is 0 Å². The molecule has 8 nitrogen and oxygen atoms in total. The van der Waals surface area contributed by atoms with Gasteiger partial charge >= 0.3 is 0 Å². The zero-order valence-electron chi connectivity index (χ0n) is 14.8. The van der Waals surface area contributed by atoms with Gasteiger partial charge < -0.3 is 30.6 Å². The highest BCUT2D eigenvalue weighted by Crippen LogP contribution is 2.27. The van der Waals surface area contributed by atoms with Crippen molar-refractivity contribution < 1.29 is 40.2 Å². The van der Waals surface area contributed by atoms with E-state index in [1.54, 1.807) is 12.1 Å². The van der Waals surface area contributed by atoms with Crippen LogP contribution in [0.5, 0.6) is 0 Å². The van der Waals surface area contributed by atoms with E-state index >= 15 is 0 Å². The van der Waals surface area contributed by atoms with E-state index in [0.717, 1.165) is 0 Å². The number of aliphatic hydroxyl groups excluding tert-OH is 5. The molecule has 0 fully saturated rings. The van der Waals surface area contributed by atoms with Crippen LogP contribution >= 0.6 is 0 Å². The monoisotopic (exact) mass is 390 g/mol. The third kappa shape index (κ3) is 4.17. The molecule has 28 heavy (non-hydrogen) atoms. The second-order valence-corrected chi connectivity index (χ2v) is 6.33. The normalized spacial score (nSPS) is 16.1. The van der Waals surface area contributed by atoms with Crippen molar-refractivity contribution in [3.8, 4) is 0 Å².